The van der Waals surface area contributed by atoms with Crippen molar-refractivity contribution in [3.8, 4) is 0 Å². The lowest BCUT2D eigenvalue weighted by Gasteiger charge is -2.08. The first-order chi connectivity index (χ1) is 6.09. The molecule has 13 heavy (non-hydrogen) atoms. The molecule has 70 valence electrons. The number of carbonyl (C=O) groups is 1. The second-order valence-corrected chi connectivity index (χ2v) is 3.19. The van der Waals surface area contributed by atoms with Gasteiger partial charge >= 0.3 is 0 Å². The van der Waals surface area contributed by atoms with Gasteiger partial charge in [-0.25, -0.2) is 0 Å². The van der Waals surface area contributed by atoms with E-state index in [0.717, 1.165) is 0 Å². The Kier molecular flexibility index (Phi) is 2.90. The van der Waals surface area contributed by atoms with Crippen LogP contribution in [0.3, 0.4) is 0 Å². The van der Waals surface area contributed by atoms with E-state index in [4.69, 9.17) is 0 Å². The highest BCUT2D eigenvalue weighted by Gasteiger charge is 1.97. The van der Waals surface area contributed by atoms with Crippen molar-refractivity contribution in [1.29, 1.82) is 0 Å². The molecule has 0 fully saturated rings. The molecule has 3 nitrogen and oxygen atoms in total. The summed E-state index contributed by atoms with van der Waals surface area (Å²) in [5, 5.41) is 12.3. The summed E-state index contributed by atoms with van der Waals surface area (Å²) in [5.41, 5.74) is 1.73. The monoisotopic (exact) mass is 178 g/mol. The standard InChI is InChI=1S/C10H13NO2/c1-7(2)8-3-5-9(6-4-8)11-10(12)13/h3-7,11H,1-2H3,(H,12,13)/p-1. The van der Waals surface area contributed by atoms with Crippen molar-refractivity contribution in [3.63, 3.8) is 0 Å². The molecule has 1 amide bonds. The second kappa shape index (κ2) is 3.94. The van der Waals surface area contributed by atoms with Crippen LogP contribution in [-0.2, 0) is 0 Å². The third-order valence-electron chi connectivity index (χ3n) is 1.82. The highest BCUT2D eigenvalue weighted by molar-refractivity contribution is 5.80. The number of hydrogen-bond donors (Lipinski definition) is 1. The van der Waals surface area contributed by atoms with Crippen molar-refractivity contribution >= 4 is 11.8 Å². The van der Waals surface area contributed by atoms with Gasteiger partial charge in [0.25, 0.3) is 0 Å². The predicted octanol–water partition coefficient (Wildman–Crippen LogP) is 1.57. The number of carboxylic acid groups (broad SMARTS) is 1. The Morgan fingerprint density at radius 3 is 2.23 bits per heavy atom. The van der Waals surface area contributed by atoms with Gasteiger partial charge in [0.15, 0.2) is 0 Å². The number of amides is 1. The molecule has 0 unspecified atom stereocenters. The molecule has 0 bridgehead atoms. The molecule has 0 aliphatic heterocycles. The molecule has 0 spiro atoms. The van der Waals surface area contributed by atoms with Gasteiger partial charge in [0.2, 0.25) is 0 Å². The number of benzene rings is 1. The van der Waals surface area contributed by atoms with Gasteiger partial charge in [-0.1, -0.05) is 26.0 Å². The third-order valence-corrected chi connectivity index (χ3v) is 1.82. The predicted molar refractivity (Wildman–Crippen MR) is 49.5 cm³/mol. The van der Waals surface area contributed by atoms with Crippen LogP contribution in [0.4, 0.5) is 10.5 Å². The first kappa shape index (κ1) is 9.58. The molecule has 0 radical (unpaired) electrons. The van der Waals surface area contributed by atoms with Crippen molar-refractivity contribution in [1.82, 2.24) is 0 Å². The van der Waals surface area contributed by atoms with Gasteiger partial charge < -0.3 is 15.2 Å². The molecule has 3 heteroatoms. The Morgan fingerprint density at radius 1 is 1.31 bits per heavy atom. The molecule has 0 aliphatic carbocycles. The maximum atomic E-state index is 10.2. The minimum atomic E-state index is -1.28. The van der Waals surface area contributed by atoms with Gasteiger partial charge in [-0.3, -0.25) is 0 Å². The van der Waals surface area contributed by atoms with Crippen LogP contribution in [0.25, 0.3) is 0 Å². The Balaban J connectivity index is 2.75. The number of nitrogens with one attached hydrogen (secondary N) is 1. The summed E-state index contributed by atoms with van der Waals surface area (Å²) in [5.74, 6) is 0.456. The summed E-state index contributed by atoms with van der Waals surface area (Å²) < 4.78 is 0. The number of rotatable bonds is 2. The zero-order chi connectivity index (χ0) is 9.84. The van der Waals surface area contributed by atoms with Crippen LogP contribution in [0.5, 0.6) is 0 Å². The molecule has 0 saturated heterocycles. The Bertz CT molecular complexity index is 290. The smallest absolute Gasteiger partial charge is 0.138 e. The van der Waals surface area contributed by atoms with E-state index in [1.807, 2.05) is 12.1 Å². The van der Waals surface area contributed by atoms with Gasteiger partial charge in [-0.2, -0.15) is 0 Å². The molecular weight excluding hydrogens is 166 g/mol. The summed E-state index contributed by atoms with van der Waals surface area (Å²) in [7, 11) is 0. The van der Waals surface area contributed by atoms with Gasteiger partial charge in [-0.05, 0) is 23.6 Å². The lowest BCUT2D eigenvalue weighted by Crippen LogP contribution is -2.28. The quantitative estimate of drug-likeness (QED) is 0.747. The fraction of sp³-hybridized carbons (Fsp3) is 0.300. The average molecular weight is 178 g/mol. The van der Waals surface area contributed by atoms with Crippen LogP contribution in [0.1, 0.15) is 25.3 Å². The van der Waals surface area contributed by atoms with Crippen LogP contribution in [-0.4, -0.2) is 6.09 Å². The fourth-order valence-electron chi connectivity index (χ4n) is 1.07. The fourth-order valence-corrected chi connectivity index (χ4v) is 1.07. The van der Waals surface area contributed by atoms with Crippen LogP contribution < -0.4 is 10.4 Å². The zero-order valence-electron chi connectivity index (χ0n) is 7.70. The van der Waals surface area contributed by atoms with Crippen LogP contribution in [0.15, 0.2) is 24.3 Å². The molecular formula is C10H12NO2-. The minimum Gasteiger partial charge on any atom is -0.530 e. The second-order valence-electron chi connectivity index (χ2n) is 3.19. The summed E-state index contributed by atoms with van der Waals surface area (Å²) >= 11 is 0. The van der Waals surface area contributed by atoms with E-state index in [9.17, 15) is 9.90 Å². The molecule has 1 N–H and O–H groups in total. The van der Waals surface area contributed by atoms with E-state index in [1.165, 1.54) is 5.56 Å². The van der Waals surface area contributed by atoms with Crippen molar-refractivity contribution < 1.29 is 9.90 Å². The first-order valence-corrected chi connectivity index (χ1v) is 4.17. The summed E-state index contributed by atoms with van der Waals surface area (Å²) in [6.07, 6.45) is -1.28. The van der Waals surface area contributed by atoms with E-state index in [1.54, 1.807) is 12.1 Å². The van der Waals surface area contributed by atoms with Gasteiger partial charge in [0, 0.05) is 5.69 Å². The van der Waals surface area contributed by atoms with Crippen molar-refractivity contribution in [2.24, 2.45) is 0 Å². The average Bonchev–Trinajstić information content (AvgIpc) is 2.04. The number of anilines is 1. The molecule has 0 atom stereocenters. The lowest BCUT2D eigenvalue weighted by molar-refractivity contribution is -0.242. The van der Waals surface area contributed by atoms with Crippen LogP contribution in [0.2, 0.25) is 0 Å². The topological polar surface area (TPSA) is 52.2 Å². The molecule has 0 saturated carbocycles. The summed E-state index contributed by atoms with van der Waals surface area (Å²) in [6.45, 7) is 4.17. The third kappa shape index (κ3) is 2.78. The summed E-state index contributed by atoms with van der Waals surface area (Å²) in [4.78, 5) is 10.2. The molecule has 1 aromatic rings. The van der Waals surface area contributed by atoms with Gasteiger partial charge in [0.05, 0.1) is 0 Å². The van der Waals surface area contributed by atoms with E-state index in [0.29, 0.717) is 11.6 Å². The van der Waals surface area contributed by atoms with Crippen molar-refractivity contribution in [3.05, 3.63) is 29.8 Å². The van der Waals surface area contributed by atoms with E-state index >= 15 is 0 Å². The normalized spacial score (nSPS) is 10.1. The number of hydrogen-bond acceptors (Lipinski definition) is 2. The van der Waals surface area contributed by atoms with E-state index < -0.39 is 6.09 Å². The molecule has 1 aromatic carbocycles. The zero-order valence-corrected chi connectivity index (χ0v) is 7.70. The molecule has 0 aliphatic rings. The maximum absolute atomic E-state index is 10.2. The molecule has 0 heterocycles. The lowest BCUT2D eigenvalue weighted by atomic mass is 10.0. The minimum absolute atomic E-state index is 0.456. The highest BCUT2D eigenvalue weighted by Crippen LogP contribution is 2.16. The van der Waals surface area contributed by atoms with Crippen LogP contribution >= 0.6 is 0 Å². The Labute approximate surface area is 77.4 Å². The van der Waals surface area contributed by atoms with Gasteiger partial charge in [-0.15, -0.1) is 0 Å². The van der Waals surface area contributed by atoms with E-state index in [-0.39, 0.29) is 0 Å². The summed E-state index contributed by atoms with van der Waals surface area (Å²) in [6, 6.07) is 7.25. The molecule has 0 aromatic heterocycles. The van der Waals surface area contributed by atoms with Crippen LogP contribution in [0, 0.1) is 0 Å². The molecule has 1 rings (SSSR count). The number of carbonyl (C=O) groups excluding carboxylic acids is 1. The Morgan fingerprint density at radius 2 is 1.85 bits per heavy atom. The van der Waals surface area contributed by atoms with E-state index in [2.05, 4.69) is 19.2 Å². The Hall–Kier alpha value is -1.51. The van der Waals surface area contributed by atoms with Gasteiger partial charge in [0.1, 0.15) is 6.09 Å². The van der Waals surface area contributed by atoms with Crippen molar-refractivity contribution in [2.75, 3.05) is 5.32 Å². The SMILES string of the molecule is CC(C)c1ccc(NC(=O)[O-])cc1. The van der Waals surface area contributed by atoms with Crippen molar-refractivity contribution in [2.45, 2.75) is 19.8 Å². The largest absolute Gasteiger partial charge is 0.530 e. The first-order valence-electron chi connectivity index (χ1n) is 4.17. The maximum Gasteiger partial charge on any atom is 0.138 e. The highest BCUT2D eigenvalue weighted by atomic mass is 16.4.